The van der Waals surface area contributed by atoms with E-state index in [9.17, 15) is 4.79 Å². The Balaban J connectivity index is 1.63. The number of amides is 1. The van der Waals surface area contributed by atoms with Crippen LogP contribution in [0.4, 0.5) is 5.82 Å². The van der Waals surface area contributed by atoms with Crippen molar-refractivity contribution in [1.82, 2.24) is 4.98 Å². The first-order valence-corrected chi connectivity index (χ1v) is 8.88. The van der Waals surface area contributed by atoms with E-state index in [0.717, 1.165) is 30.4 Å². The van der Waals surface area contributed by atoms with Crippen LogP contribution < -0.4 is 9.64 Å². The van der Waals surface area contributed by atoms with Crippen molar-refractivity contribution in [2.75, 3.05) is 17.4 Å². The number of anilines is 1. The molecule has 0 atom stereocenters. The Labute approximate surface area is 146 Å². The molecule has 0 bridgehead atoms. The Morgan fingerprint density at radius 3 is 2.83 bits per heavy atom. The summed E-state index contributed by atoms with van der Waals surface area (Å²) in [4.78, 5) is 18.5. The fourth-order valence-corrected chi connectivity index (χ4v) is 3.60. The van der Waals surface area contributed by atoms with Gasteiger partial charge in [0.1, 0.15) is 11.7 Å². The maximum absolute atomic E-state index is 12.4. The van der Waals surface area contributed by atoms with Gasteiger partial charge in [-0.25, -0.2) is 0 Å². The van der Waals surface area contributed by atoms with E-state index in [-0.39, 0.29) is 11.8 Å². The van der Waals surface area contributed by atoms with Gasteiger partial charge in [0.15, 0.2) is 0 Å². The number of rotatable bonds is 4. The van der Waals surface area contributed by atoms with Crippen molar-refractivity contribution in [3.63, 3.8) is 0 Å². The standard InChI is InChI=1S/C19H19ClN2O2/c20-11-18(23)22(17-7-6-15-8-9-24-19(15)21-17)12-13-4-5-14-2-1-3-16(14)10-13/h4-7,10H,1-3,8-9,11-12H2. The van der Waals surface area contributed by atoms with E-state index >= 15 is 0 Å². The highest BCUT2D eigenvalue weighted by Crippen LogP contribution is 2.28. The quantitative estimate of drug-likeness (QED) is 0.801. The normalized spacial score (nSPS) is 14.9. The van der Waals surface area contributed by atoms with Gasteiger partial charge in [-0.05, 0) is 48.1 Å². The molecule has 1 aliphatic carbocycles. The summed E-state index contributed by atoms with van der Waals surface area (Å²) in [6.07, 6.45) is 4.37. The number of aromatic nitrogens is 1. The lowest BCUT2D eigenvalue weighted by Gasteiger charge is -2.22. The number of ether oxygens (including phenoxy) is 1. The summed E-state index contributed by atoms with van der Waals surface area (Å²) in [5.41, 5.74) is 5.03. The van der Waals surface area contributed by atoms with Crippen LogP contribution in [0.1, 0.15) is 28.7 Å². The van der Waals surface area contributed by atoms with Crippen LogP contribution in [0.5, 0.6) is 5.88 Å². The third-order valence-corrected chi connectivity index (χ3v) is 4.96. The zero-order valence-corrected chi connectivity index (χ0v) is 14.2. The highest BCUT2D eigenvalue weighted by Gasteiger charge is 2.21. The number of hydrogen-bond acceptors (Lipinski definition) is 3. The van der Waals surface area contributed by atoms with Crippen LogP contribution in [0.2, 0.25) is 0 Å². The molecule has 0 saturated heterocycles. The summed E-state index contributed by atoms with van der Waals surface area (Å²) in [5, 5.41) is 0. The van der Waals surface area contributed by atoms with Crippen LogP contribution in [-0.2, 0) is 30.6 Å². The molecule has 1 aliphatic heterocycles. The number of fused-ring (bicyclic) bond motifs is 2. The van der Waals surface area contributed by atoms with Crippen LogP contribution in [0.3, 0.4) is 0 Å². The number of halogens is 1. The van der Waals surface area contributed by atoms with E-state index in [1.807, 2.05) is 12.1 Å². The predicted octanol–water partition coefficient (Wildman–Crippen LogP) is 3.28. The lowest BCUT2D eigenvalue weighted by molar-refractivity contribution is -0.116. The molecule has 24 heavy (non-hydrogen) atoms. The number of pyridine rings is 1. The lowest BCUT2D eigenvalue weighted by Crippen LogP contribution is -2.32. The van der Waals surface area contributed by atoms with E-state index in [1.165, 1.54) is 17.5 Å². The van der Waals surface area contributed by atoms with Gasteiger partial charge in [0.25, 0.3) is 0 Å². The number of carbonyl (C=O) groups is 1. The van der Waals surface area contributed by atoms with Crippen molar-refractivity contribution in [1.29, 1.82) is 0 Å². The minimum Gasteiger partial charge on any atom is -0.477 e. The Morgan fingerprint density at radius 2 is 1.96 bits per heavy atom. The van der Waals surface area contributed by atoms with Gasteiger partial charge < -0.3 is 4.74 Å². The van der Waals surface area contributed by atoms with Gasteiger partial charge in [0, 0.05) is 12.0 Å². The Bertz CT molecular complexity index is 791. The summed E-state index contributed by atoms with van der Waals surface area (Å²) in [5.74, 6) is 1.02. The van der Waals surface area contributed by atoms with E-state index < -0.39 is 0 Å². The summed E-state index contributed by atoms with van der Waals surface area (Å²) < 4.78 is 5.53. The number of carbonyl (C=O) groups excluding carboxylic acids is 1. The molecular formula is C19H19ClN2O2. The van der Waals surface area contributed by atoms with Crippen LogP contribution in [-0.4, -0.2) is 23.4 Å². The molecule has 1 amide bonds. The maximum atomic E-state index is 12.4. The summed E-state index contributed by atoms with van der Waals surface area (Å²) in [7, 11) is 0. The first-order valence-electron chi connectivity index (χ1n) is 8.34. The maximum Gasteiger partial charge on any atom is 0.243 e. The second-order valence-corrected chi connectivity index (χ2v) is 6.57. The van der Waals surface area contributed by atoms with Crippen molar-refractivity contribution < 1.29 is 9.53 Å². The molecule has 4 nitrogen and oxygen atoms in total. The first kappa shape index (κ1) is 15.5. The molecule has 0 radical (unpaired) electrons. The number of hydrogen-bond donors (Lipinski definition) is 0. The number of nitrogens with zero attached hydrogens (tertiary/aromatic N) is 2. The molecule has 0 N–H and O–H groups in total. The number of aryl methyl sites for hydroxylation is 2. The molecule has 0 fully saturated rings. The van der Waals surface area contributed by atoms with Crippen LogP contribution in [0.25, 0.3) is 0 Å². The molecule has 4 rings (SSSR count). The molecule has 5 heteroatoms. The average Bonchev–Trinajstić information content (AvgIpc) is 3.26. The Morgan fingerprint density at radius 1 is 1.12 bits per heavy atom. The zero-order chi connectivity index (χ0) is 16.5. The van der Waals surface area contributed by atoms with Gasteiger partial charge in [0.05, 0.1) is 13.2 Å². The minimum absolute atomic E-state index is 0.0649. The molecule has 2 aromatic rings. The average molecular weight is 343 g/mol. The molecule has 2 heterocycles. The molecular weight excluding hydrogens is 324 g/mol. The van der Waals surface area contributed by atoms with Gasteiger partial charge in [-0.15, -0.1) is 11.6 Å². The zero-order valence-electron chi connectivity index (χ0n) is 13.4. The third-order valence-electron chi connectivity index (χ3n) is 4.73. The van der Waals surface area contributed by atoms with Crippen molar-refractivity contribution >= 4 is 23.3 Å². The van der Waals surface area contributed by atoms with Gasteiger partial charge in [-0.2, -0.15) is 4.98 Å². The summed E-state index contributed by atoms with van der Waals surface area (Å²) >= 11 is 5.82. The second-order valence-electron chi connectivity index (χ2n) is 6.30. The molecule has 2 aliphatic rings. The van der Waals surface area contributed by atoms with E-state index in [0.29, 0.717) is 24.8 Å². The van der Waals surface area contributed by atoms with E-state index in [4.69, 9.17) is 16.3 Å². The molecule has 0 saturated carbocycles. The molecule has 1 aromatic heterocycles. The van der Waals surface area contributed by atoms with Gasteiger partial charge in [-0.1, -0.05) is 18.2 Å². The van der Waals surface area contributed by atoms with Crippen LogP contribution >= 0.6 is 11.6 Å². The smallest absolute Gasteiger partial charge is 0.243 e. The molecule has 0 spiro atoms. The molecule has 124 valence electrons. The van der Waals surface area contributed by atoms with Crippen molar-refractivity contribution in [3.05, 3.63) is 52.6 Å². The van der Waals surface area contributed by atoms with E-state index in [2.05, 4.69) is 23.2 Å². The van der Waals surface area contributed by atoms with Crippen molar-refractivity contribution in [2.45, 2.75) is 32.2 Å². The van der Waals surface area contributed by atoms with Gasteiger partial charge >= 0.3 is 0 Å². The third kappa shape index (κ3) is 2.86. The fraction of sp³-hybridized carbons (Fsp3) is 0.368. The molecule has 1 aromatic carbocycles. The van der Waals surface area contributed by atoms with E-state index in [1.54, 1.807) is 4.90 Å². The summed E-state index contributed by atoms with van der Waals surface area (Å²) in [6.45, 7) is 1.13. The van der Waals surface area contributed by atoms with Crippen molar-refractivity contribution in [2.24, 2.45) is 0 Å². The fourth-order valence-electron chi connectivity index (χ4n) is 3.46. The van der Waals surface area contributed by atoms with Crippen LogP contribution in [0.15, 0.2) is 30.3 Å². The topological polar surface area (TPSA) is 42.4 Å². The number of alkyl halides is 1. The highest BCUT2D eigenvalue weighted by atomic mass is 35.5. The second kappa shape index (κ2) is 6.44. The first-order chi connectivity index (χ1) is 11.7. The monoisotopic (exact) mass is 342 g/mol. The van der Waals surface area contributed by atoms with Gasteiger partial charge in [0.2, 0.25) is 11.8 Å². The Kier molecular flexibility index (Phi) is 4.15. The minimum atomic E-state index is -0.150. The van der Waals surface area contributed by atoms with Crippen molar-refractivity contribution in [3.8, 4) is 5.88 Å². The number of benzene rings is 1. The van der Waals surface area contributed by atoms with Gasteiger partial charge in [-0.3, -0.25) is 9.69 Å². The summed E-state index contributed by atoms with van der Waals surface area (Å²) in [6, 6.07) is 10.4. The SMILES string of the molecule is O=C(CCl)N(Cc1ccc2c(c1)CCC2)c1ccc2c(n1)OCC2. The predicted molar refractivity (Wildman–Crippen MR) is 93.8 cm³/mol. The lowest BCUT2D eigenvalue weighted by atomic mass is 10.1. The van der Waals surface area contributed by atoms with Crippen LogP contribution in [0, 0.1) is 0 Å². The highest BCUT2D eigenvalue weighted by molar-refractivity contribution is 6.29. The largest absolute Gasteiger partial charge is 0.477 e. The molecule has 0 unspecified atom stereocenters. The Hall–Kier alpha value is -2.07.